The summed E-state index contributed by atoms with van der Waals surface area (Å²) in [6.45, 7) is 17.8. The van der Waals surface area contributed by atoms with Crippen molar-refractivity contribution in [3.8, 4) is 23.0 Å². The molecule has 6 heteroatoms. The molecule has 3 heterocycles. The Bertz CT molecular complexity index is 2480. The summed E-state index contributed by atoms with van der Waals surface area (Å²) in [4.78, 5) is 4.83. The van der Waals surface area contributed by atoms with E-state index in [1.54, 1.807) is 0 Å². The molecular formula is C47H46N4OPt. The third kappa shape index (κ3) is 6.81. The number of ether oxygens (including phenoxy) is 1. The van der Waals surface area contributed by atoms with Gasteiger partial charge < -0.3 is 9.30 Å². The van der Waals surface area contributed by atoms with E-state index in [4.69, 9.17) is 14.8 Å². The van der Waals surface area contributed by atoms with Gasteiger partial charge in [-0.05, 0) is 78.9 Å². The number of hydrogen-bond donors (Lipinski definition) is 0. The van der Waals surface area contributed by atoms with Crippen LogP contribution < -0.4 is 4.74 Å². The van der Waals surface area contributed by atoms with E-state index in [2.05, 4.69) is 157 Å². The molecule has 3 atom stereocenters. The van der Waals surface area contributed by atoms with Gasteiger partial charge in [0.05, 0.1) is 5.69 Å². The molecular weight excluding hydrogens is 832 g/mol. The number of benzene rings is 4. The van der Waals surface area contributed by atoms with Crippen LogP contribution in [0.4, 0.5) is 0 Å². The van der Waals surface area contributed by atoms with Gasteiger partial charge in [-0.15, -0.1) is 35.7 Å². The predicted molar refractivity (Wildman–Crippen MR) is 212 cm³/mol. The molecule has 0 saturated heterocycles. The van der Waals surface area contributed by atoms with E-state index >= 15 is 0 Å². The SMILES string of the molecule is CC1=C[C@H](c2ccccc2)C[C@H](C)C1c1c(C)nn(-c2[c-]c(Oc3[c-]c4c(cc3)c3ccccc3n4-c3cc(C(C)(C)C)ccn3)cc(C)c2)c1C.[Pt+2]. The maximum absolute atomic E-state index is 6.58. The van der Waals surface area contributed by atoms with Crippen LogP contribution in [0.3, 0.4) is 0 Å². The zero-order chi connectivity index (χ0) is 36.3. The van der Waals surface area contributed by atoms with E-state index < -0.39 is 0 Å². The summed E-state index contributed by atoms with van der Waals surface area (Å²) in [5.74, 6) is 3.36. The van der Waals surface area contributed by atoms with Crippen molar-refractivity contribution in [1.82, 2.24) is 19.3 Å². The molecule has 1 aliphatic carbocycles. The Balaban J connectivity index is 0.00000435. The molecule has 0 radical (unpaired) electrons. The van der Waals surface area contributed by atoms with Gasteiger partial charge in [0.15, 0.2) is 0 Å². The molecule has 0 bridgehead atoms. The normalized spacial score (nSPS) is 17.5. The van der Waals surface area contributed by atoms with Gasteiger partial charge in [0.25, 0.3) is 0 Å². The Morgan fingerprint density at radius 2 is 1.57 bits per heavy atom. The molecule has 4 aromatic carbocycles. The Morgan fingerprint density at radius 1 is 0.811 bits per heavy atom. The van der Waals surface area contributed by atoms with Crippen LogP contribution in [0.15, 0.2) is 109 Å². The van der Waals surface area contributed by atoms with E-state index in [1.807, 2.05) is 23.0 Å². The quantitative estimate of drug-likeness (QED) is 0.123. The summed E-state index contributed by atoms with van der Waals surface area (Å²) in [5, 5.41) is 7.37. The van der Waals surface area contributed by atoms with Crippen molar-refractivity contribution in [2.45, 2.75) is 79.1 Å². The number of hydrogen-bond acceptors (Lipinski definition) is 3. The second-order valence-electron chi connectivity index (χ2n) is 15.7. The number of pyridine rings is 1. The number of nitrogens with zero attached hydrogens (tertiary/aromatic N) is 4. The Hall–Kier alpha value is -4.73. The van der Waals surface area contributed by atoms with E-state index in [1.165, 1.54) is 22.3 Å². The van der Waals surface area contributed by atoms with Crippen LogP contribution in [0.2, 0.25) is 0 Å². The fraction of sp³-hybridized carbons (Fsp3) is 0.277. The van der Waals surface area contributed by atoms with Crippen molar-refractivity contribution in [3.05, 3.63) is 155 Å². The van der Waals surface area contributed by atoms with E-state index in [9.17, 15) is 0 Å². The molecule has 7 aromatic rings. The number of rotatable bonds is 6. The summed E-state index contributed by atoms with van der Waals surface area (Å²) >= 11 is 0. The van der Waals surface area contributed by atoms with E-state index in [-0.39, 0.29) is 26.5 Å². The summed E-state index contributed by atoms with van der Waals surface area (Å²) in [5.41, 5.74) is 11.5. The number of aromatic nitrogens is 4. The molecule has 270 valence electrons. The summed E-state index contributed by atoms with van der Waals surface area (Å²) in [6, 6.07) is 39.1. The Morgan fingerprint density at radius 3 is 2.32 bits per heavy atom. The maximum atomic E-state index is 6.58. The average molecular weight is 878 g/mol. The van der Waals surface area contributed by atoms with Crippen molar-refractivity contribution in [3.63, 3.8) is 0 Å². The molecule has 1 aliphatic rings. The Labute approximate surface area is 328 Å². The van der Waals surface area contributed by atoms with E-state index in [0.29, 0.717) is 29.3 Å². The van der Waals surface area contributed by atoms with Crippen LogP contribution in [0.5, 0.6) is 11.5 Å². The van der Waals surface area contributed by atoms with Gasteiger partial charge in [-0.1, -0.05) is 100 Å². The third-order valence-electron chi connectivity index (χ3n) is 10.9. The van der Waals surface area contributed by atoms with Crippen LogP contribution in [0.25, 0.3) is 33.3 Å². The number of aryl methyl sites for hydroxylation is 2. The van der Waals surface area contributed by atoms with Gasteiger partial charge in [0.1, 0.15) is 5.82 Å². The van der Waals surface area contributed by atoms with Crippen LogP contribution in [0.1, 0.15) is 86.5 Å². The minimum atomic E-state index is -0.00496. The average Bonchev–Trinajstić information content (AvgIpc) is 3.60. The molecule has 8 rings (SSSR count). The van der Waals surface area contributed by atoms with Crippen molar-refractivity contribution in [2.24, 2.45) is 5.92 Å². The minimum absolute atomic E-state index is 0. The van der Waals surface area contributed by atoms with Gasteiger partial charge in [0, 0.05) is 46.3 Å². The monoisotopic (exact) mass is 877 g/mol. The van der Waals surface area contributed by atoms with Crippen LogP contribution in [-0.2, 0) is 26.5 Å². The zero-order valence-electron chi connectivity index (χ0n) is 31.8. The molecule has 0 fully saturated rings. The van der Waals surface area contributed by atoms with Gasteiger partial charge in [-0.2, -0.15) is 16.7 Å². The predicted octanol–water partition coefficient (Wildman–Crippen LogP) is 11.8. The molecule has 0 aliphatic heterocycles. The molecule has 0 saturated carbocycles. The second-order valence-corrected chi connectivity index (χ2v) is 15.7. The van der Waals surface area contributed by atoms with Crippen LogP contribution in [0, 0.1) is 38.8 Å². The molecule has 3 aromatic heterocycles. The largest absolute Gasteiger partial charge is 2.00 e. The van der Waals surface area contributed by atoms with Crippen molar-refractivity contribution in [2.75, 3.05) is 0 Å². The van der Waals surface area contributed by atoms with E-state index in [0.717, 1.165) is 56.7 Å². The fourth-order valence-corrected chi connectivity index (χ4v) is 8.39. The molecule has 53 heavy (non-hydrogen) atoms. The first-order valence-corrected chi connectivity index (χ1v) is 18.4. The fourth-order valence-electron chi connectivity index (χ4n) is 8.39. The smallest absolute Gasteiger partial charge is 0.509 e. The summed E-state index contributed by atoms with van der Waals surface area (Å²) in [6.07, 6.45) is 5.49. The van der Waals surface area contributed by atoms with Gasteiger partial charge in [0.2, 0.25) is 0 Å². The topological polar surface area (TPSA) is 44.9 Å². The Kier molecular flexibility index (Phi) is 9.85. The zero-order valence-corrected chi connectivity index (χ0v) is 34.0. The molecule has 0 amide bonds. The van der Waals surface area contributed by atoms with Gasteiger partial charge >= 0.3 is 21.1 Å². The standard InChI is InChI=1S/C47H46N4O.Pt/c1-29-22-37(51-33(5)46(32(4)49-51)45-30(2)24-35(25-31(45)3)34-14-10-9-11-15-34)27-39(23-29)52-38-18-19-41-40-16-12-13-17-42(40)50(43(41)28-38)44-26-36(20-21-48-44)47(6,7)8;/h9-24,26,31,35,45H,25H2,1-8H3;/q-2;+2/t31-,35-,45?;/m0./s1. The first kappa shape index (κ1) is 36.6. The molecule has 0 N–H and O–H groups in total. The maximum Gasteiger partial charge on any atom is 2.00 e. The number of allylic oxidation sites excluding steroid dienone is 2. The first-order valence-electron chi connectivity index (χ1n) is 18.4. The first-order chi connectivity index (χ1) is 25.0. The third-order valence-corrected chi connectivity index (χ3v) is 10.9. The number of para-hydroxylation sites is 1. The van der Waals surface area contributed by atoms with Crippen molar-refractivity contribution < 1.29 is 25.8 Å². The van der Waals surface area contributed by atoms with Crippen LogP contribution in [-0.4, -0.2) is 19.3 Å². The van der Waals surface area contributed by atoms with Crippen molar-refractivity contribution >= 4 is 21.8 Å². The van der Waals surface area contributed by atoms with Gasteiger partial charge in [-0.3, -0.25) is 4.68 Å². The minimum Gasteiger partial charge on any atom is -0.509 e. The van der Waals surface area contributed by atoms with Gasteiger partial charge in [-0.25, -0.2) is 4.98 Å². The summed E-state index contributed by atoms with van der Waals surface area (Å²) in [7, 11) is 0. The molecule has 1 unspecified atom stereocenters. The molecule has 0 spiro atoms. The second kappa shape index (κ2) is 14.2. The molecule has 5 nitrogen and oxygen atoms in total. The number of fused-ring (bicyclic) bond motifs is 3. The summed E-state index contributed by atoms with van der Waals surface area (Å²) < 4.78 is 10.8. The van der Waals surface area contributed by atoms with Crippen LogP contribution >= 0.6 is 0 Å². The van der Waals surface area contributed by atoms with Crippen molar-refractivity contribution in [1.29, 1.82) is 0 Å².